The fourth-order valence-electron chi connectivity index (χ4n) is 1.45. The molecule has 1 aliphatic rings. The highest BCUT2D eigenvalue weighted by Crippen LogP contribution is 2.04. The van der Waals surface area contributed by atoms with E-state index in [1.54, 1.807) is 17.1 Å². The molecule has 1 rings (SSSR count). The SMILES string of the molecule is CCCCCCN1COCC=CC1=O. The van der Waals surface area contributed by atoms with Gasteiger partial charge < -0.3 is 9.64 Å². The molecule has 0 saturated carbocycles. The minimum absolute atomic E-state index is 0.0824. The zero-order valence-electron chi connectivity index (χ0n) is 8.87. The summed E-state index contributed by atoms with van der Waals surface area (Å²) in [6, 6.07) is 0. The first kappa shape index (κ1) is 11.2. The predicted molar refractivity (Wildman–Crippen MR) is 55.8 cm³/mol. The molecular weight excluding hydrogens is 178 g/mol. The molecule has 1 heterocycles. The summed E-state index contributed by atoms with van der Waals surface area (Å²) in [5.74, 6) is 0.0824. The molecule has 0 radical (unpaired) electrons. The van der Waals surface area contributed by atoms with Crippen molar-refractivity contribution in [2.45, 2.75) is 32.6 Å². The zero-order valence-corrected chi connectivity index (χ0v) is 8.87. The molecule has 0 atom stereocenters. The molecule has 0 unspecified atom stereocenters. The van der Waals surface area contributed by atoms with Crippen LogP contribution in [0.1, 0.15) is 32.6 Å². The van der Waals surface area contributed by atoms with Crippen molar-refractivity contribution in [3.8, 4) is 0 Å². The van der Waals surface area contributed by atoms with E-state index >= 15 is 0 Å². The largest absolute Gasteiger partial charge is 0.357 e. The molecule has 14 heavy (non-hydrogen) atoms. The van der Waals surface area contributed by atoms with Crippen LogP contribution in [0.4, 0.5) is 0 Å². The van der Waals surface area contributed by atoms with Crippen LogP contribution in [-0.4, -0.2) is 30.7 Å². The summed E-state index contributed by atoms with van der Waals surface area (Å²) in [6.07, 6.45) is 8.13. The van der Waals surface area contributed by atoms with Gasteiger partial charge >= 0.3 is 0 Å². The molecule has 1 aliphatic heterocycles. The summed E-state index contributed by atoms with van der Waals surface area (Å²) >= 11 is 0. The number of hydrogen-bond acceptors (Lipinski definition) is 2. The summed E-state index contributed by atoms with van der Waals surface area (Å²) in [7, 11) is 0. The first-order valence-electron chi connectivity index (χ1n) is 5.37. The normalized spacial score (nSPS) is 17.2. The molecule has 80 valence electrons. The Bertz CT molecular complexity index is 201. The molecule has 0 saturated heterocycles. The van der Waals surface area contributed by atoms with Gasteiger partial charge in [0.2, 0.25) is 5.91 Å². The van der Waals surface area contributed by atoms with Crippen LogP contribution in [0.15, 0.2) is 12.2 Å². The molecular formula is C11H19NO2. The first-order valence-corrected chi connectivity index (χ1v) is 5.37. The average Bonchev–Trinajstić information content (AvgIpc) is 2.39. The van der Waals surface area contributed by atoms with Gasteiger partial charge in [-0.05, 0) is 6.42 Å². The number of hydrogen-bond donors (Lipinski definition) is 0. The molecule has 1 amide bonds. The van der Waals surface area contributed by atoms with Crippen molar-refractivity contribution in [1.29, 1.82) is 0 Å². The van der Waals surface area contributed by atoms with Crippen molar-refractivity contribution in [3.63, 3.8) is 0 Å². The van der Waals surface area contributed by atoms with E-state index in [0.717, 1.165) is 13.0 Å². The van der Waals surface area contributed by atoms with Crippen molar-refractivity contribution in [2.75, 3.05) is 19.9 Å². The van der Waals surface area contributed by atoms with Gasteiger partial charge in [0, 0.05) is 12.6 Å². The smallest absolute Gasteiger partial charge is 0.248 e. The van der Waals surface area contributed by atoms with Gasteiger partial charge in [0.15, 0.2) is 0 Å². The molecule has 3 heteroatoms. The monoisotopic (exact) mass is 197 g/mol. The van der Waals surface area contributed by atoms with Gasteiger partial charge in [0.05, 0.1) is 6.61 Å². The Balaban J connectivity index is 2.21. The Morgan fingerprint density at radius 3 is 3.07 bits per heavy atom. The topological polar surface area (TPSA) is 29.5 Å². The predicted octanol–water partition coefficient (Wildman–Crippen LogP) is 1.94. The van der Waals surface area contributed by atoms with Gasteiger partial charge in [-0.15, -0.1) is 0 Å². The second-order valence-corrected chi connectivity index (χ2v) is 3.56. The Morgan fingerprint density at radius 2 is 2.29 bits per heavy atom. The van der Waals surface area contributed by atoms with E-state index in [-0.39, 0.29) is 5.91 Å². The number of amides is 1. The standard InChI is InChI=1S/C11H19NO2/c1-2-3-4-5-8-12-10-14-9-6-7-11(12)13/h6-7H,2-5,8-10H2,1H3. The Morgan fingerprint density at radius 1 is 1.43 bits per heavy atom. The molecule has 0 aromatic rings. The number of carbonyl (C=O) groups is 1. The van der Waals surface area contributed by atoms with Crippen LogP contribution < -0.4 is 0 Å². The second kappa shape index (κ2) is 6.60. The van der Waals surface area contributed by atoms with Crippen molar-refractivity contribution in [2.24, 2.45) is 0 Å². The van der Waals surface area contributed by atoms with E-state index in [9.17, 15) is 4.79 Å². The van der Waals surface area contributed by atoms with Gasteiger partial charge in [-0.2, -0.15) is 0 Å². The summed E-state index contributed by atoms with van der Waals surface area (Å²) in [4.78, 5) is 13.2. The Labute approximate surface area is 85.7 Å². The number of nitrogens with zero attached hydrogens (tertiary/aromatic N) is 1. The van der Waals surface area contributed by atoms with Gasteiger partial charge in [0.1, 0.15) is 6.73 Å². The van der Waals surface area contributed by atoms with Crippen LogP contribution in [0.2, 0.25) is 0 Å². The van der Waals surface area contributed by atoms with Gasteiger partial charge in [-0.1, -0.05) is 32.3 Å². The fourth-order valence-corrected chi connectivity index (χ4v) is 1.45. The highest BCUT2D eigenvalue weighted by atomic mass is 16.5. The van der Waals surface area contributed by atoms with E-state index in [1.165, 1.54) is 19.3 Å². The maximum atomic E-state index is 11.4. The maximum Gasteiger partial charge on any atom is 0.248 e. The molecule has 3 nitrogen and oxygen atoms in total. The third-order valence-corrected chi connectivity index (χ3v) is 2.31. The molecule has 0 aromatic heterocycles. The van der Waals surface area contributed by atoms with E-state index in [0.29, 0.717) is 13.3 Å². The van der Waals surface area contributed by atoms with Crippen LogP contribution in [0.3, 0.4) is 0 Å². The van der Waals surface area contributed by atoms with E-state index in [2.05, 4.69) is 6.92 Å². The van der Waals surface area contributed by atoms with Crippen LogP contribution >= 0.6 is 0 Å². The average molecular weight is 197 g/mol. The summed E-state index contributed by atoms with van der Waals surface area (Å²) in [5, 5.41) is 0. The lowest BCUT2D eigenvalue weighted by Gasteiger charge is -2.18. The van der Waals surface area contributed by atoms with E-state index < -0.39 is 0 Å². The van der Waals surface area contributed by atoms with Crippen molar-refractivity contribution in [1.82, 2.24) is 4.90 Å². The van der Waals surface area contributed by atoms with Crippen LogP contribution in [0, 0.1) is 0 Å². The minimum Gasteiger partial charge on any atom is -0.357 e. The summed E-state index contributed by atoms with van der Waals surface area (Å²) < 4.78 is 5.25. The Hall–Kier alpha value is -0.830. The zero-order chi connectivity index (χ0) is 10.2. The minimum atomic E-state index is 0.0824. The lowest BCUT2D eigenvalue weighted by Crippen LogP contribution is -2.31. The quantitative estimate of drug-likeness (QED) is 0.630. The summed E-state index contributed by atoms with van der Waals surface area (Å²) in [5.41, 5.74) is 0. The lowest BCUT2D eigenvalue weighted by atomic mass is 10.2. The number of ether oxygens (including phenoxy) is 1. The molecule has 0 N–H and O–H groups in total. The maximum absolute atomic E-state index is 11.4. The number of unbranched alkanes of at least 4 members (excludes halogenated alkanes) is 3. The lowest BCUT2D eigenvalue weighted by molar-refractivity contribution is -0.130. The van der Waals surface area contributed by atoms with E-state index in [1.807, 2.05) is 0 Å². The van der Waals surface area contributed by atoms with Gasteiger partial charge in [0.25, 0.3) is 0 Å². The van der Waals surface area contributed by atoms with Crippen LogP contribution in [-0.2, 0) is 9.53 Å². The van der Waals surface area contributed by atoms with Gasteiger partial charge in [-0.3, -0.25) is 4.79 Å². The molecule has 0 bridgehead atoms. The second-order valence-electron chi connectivity index (χ2n) is 3.56. The third-order valence-electron chi connectivity index (χ3n) is 2.31. The van der Waals surface area contributed by atoms with Crippen molar-refractivity contribution < 1.29 is 9.53 Å². The van der Waals surface area contributed by atoms with Crippen LogP contribution in [0.5, 0.6) is 0 Å². The summed E-state index contributed by atoms with van der Waals surface area (Å²) in [6.45, 7) is 4.00. The van der Waals surface area contributed by atoms with Crippen LogP contribution in [0.25, 0.3) is 0 Å². The number of rotatable bonds is 5. The van der Waals surface area contributed by atoms with Gasteiger partial charge in [-0.25, -0.2) is 0 Å². The molecule has 0 aromatic carbocycles. The Kier molecular flexibility index (Phi) is 5.30. The van der Waals surface area contributed by atoms with Crippen molar-refractivity contribution in [3.05, 3.63) is 12.2 Å². The molecule has 0 spiro atoms. The number of carbonyl (C=O) groups excluding carboxylic acids is 1. The molecule has 0 aliphatic carbocycles. The van der Waals surface area contributed by atoms with E-state index in [4.69, 9.17) is 4.74 Å². The highest BCUT2D eigenvalue weighted by Gasteiger charge is 2.11. The highest BCUT2D eigenvalue weighted by molar-refractivity contribution is 5.87. The first-order chi connectivity index (χ1) is 6.84. The molecule has 0 fully saturated rings. The fraction of sp³-hybridized carbons (Fsp3) is 0.727. The van der Waals surface area contributed by atoms with Crippen molar-refractivity contribution >= 4 is 5.91 Å². The third kappa shape index (κ3) is 3.92.